The second-order valence-electron chi connectivity index (χ2n) is 9.57. The number of hydrazone groups is 1. The zero-order valence-corrected chi connectivity index (χ0v) is 20.9. The number of methoxy groups -OCH3 is 1. The molecular formula is C25H33BN4O4. The summed E-state index contributed by atoms with van der Waals surface area (Å²) in [5, 5.41) is 16.1. The van der Waals surface area contributed by atoms with E-state index in [1.54, 1.807) is 56.8 Å². The molecule has 0 radical (unpaired) electrons. The molecule has 9 heteroatoms. The lowest BCUT2D eigenvalue weighted by Gasteiger charge is -2.39. The number of benzene rings is 2. The second-order valence-corrected chi connectivity index (χ2v) is 9.57. The van der Waals surface area contributed by atoms with Crippen molar-refractivity contribution in [2.24, 2.45) is 10.5 Å². The van der Waals surface area contributed by atoms with Crippen LogP contribution in [0.5, 0.6) is 5.75 Å². The van der Waals surface area contributed by atoms with Crippen LogP contribution in [0.15, 0.2) is 41.5 Å². The minimum absolute atomic E-state index is 0.278. The molecule has 3 rings (SSSR count). The lowest BCUT2D eigenvalue weighted by Crippen LogP contribution is -2.56. The molecule has 2 amide bonds. The van der Waals surface area contributed by atoms with Crippen LogP contribution in [0.4, 0.5) is 0 Å². The smallest absolute Gasteiger partial charge is 0.466 e. The van der Waals surface area contributed by atoms with E-state index in [-0.39, 0.29) is 17.4 Å². The van der Waals surface area contributed by atoms with Gasteiger partial charge in [0.1, 0.15) is 5.75 Å². The molecule has 1 aliphatic rings. The van der Waals surface area contributed by atoms with E-state index in [0.717, 1.165) is 5.56 Å². The summed E-state index contributed by atoms with van der Waals surface area (Å²) in [6.45, 7) is 9.90. The Labute approximate surface area is 201 Å². The number of hydrazine groups is 1. The topological polar surface area (TPSA) is 94.5 Å². The van der Waals surface area contributed by atoms with Gasteiger partial charge >= 0.3 is 7.05 Å². The molecule has 0 saturated heterocycles. The molecule has 1 atom stereocenters. The Morgan fingerprint density at radius 2 is 1.97 bits per heavy atom. The maximum atomic E-state index is 13.8. The second kappa shape index (κ2) is 9.89. The molecule has 0 aliphatic carbocycles. The van der Waals surface area contributed by atoms with Gasteiger partial charge in [-0.3, -0.25) is 15.0 Å². The number of carbonyl (C=O) groups excluding carboxylic acids is 2. The average molecular weight is 464 g/mol. The number of rotatable bonds is 5. The van der Waals surface area contributed by atoms with E-state index in [1.165, 1.54) is 9.93 Å². The molecule has 0 aromatic heterocycles. The molecule has 1 heterocycles. The number of fused-ring (bicyclic) bond motifs is 1. The highest BCUT2D eigenvalue weighted by Crippen LogP contribution is 2.28. The van der Waals surface area contributed by atoms with E-state index < -0.39 is 13.0 Å². The minimum Gasteiger partial charge on any atom is -0.496 e. The molecule has 0 saturated carbocycles. The summed E-state index contributed by atoms with van der Waals surface area (Å²) in [6.07, 6.45) is 2.28. The first kappa shape index (κ1) is 25.3. The van der Waals surface area contributed by atoms with Crippen molar-refractivity contribution in [3.8, 4) is 5.75 Å². The number of nitrogens with one attached hydrogen (secondary N) is 1. The van der Waals surface area contributed by atoms with E-state index in [2.05, 4.69) is 10.5 Å². The Bertz CT molecular complexity index is 1110. The van der Waals surface area contributed by atoms with Crippen molar-refractivity contribution in [2.45, 2.75) is 47.1 Å². The molecule has 34 heavy (non-hydrogen) atoms. The lowest BCUT2D eigenvalue weighted by atomic mass is 9.69. The molecular weight excluding hydrogens is 431 g/mol. The van der Waals surface area contributed by atoms with Crippen LogP contribution in [0.25, 0.3) is 0 Å². The molecule has 8 nitrogen and oxygen atoms in total. The van der Waals surface area contributed by atoms with Gasteiger partial charge in [-0.1, -0.05) is 39.8 Å². The SMILES string of the molecule is CC[C@@H](N(NC(=O)c1cccc(OC)c1C)C(=O)c1ccc2c(c1)B(O)N(C)N=C2)C(C)(C)C. The molecule has 180 valence electrons. The summed E-state index contributed by atoms with van der Waals surface area (Å²) >= 11 is 0. The Morgan fingerprint density at radius 3 is 2.59 bits per heavy atom. The van der Waals surface area contributed by atoms with Crippen LogP contribution in [-0.4, -0.2) is 60.2 Å². The summed E-state index contributed by atoms with van der Waals surface area (Å²) in [6, 6.07) is 10.1. The van der Waals surface area contributed by atoms with Gasteiger partial charge in [0.15, 0.2) is 0 Å². The molecule has 0 fully saturated rings. The van der Waals surface area contributed by atoms with Gasteiger partial charge in [0.2, 0.25) is 0 Å². The number of nitrogens with zero attached hydrogens (tertiary/aromatic N) is 3. The monoisotopic (exact) mass is 464 g/mol. The fourth-order valence-electron chi connectivity index (χ4n) is 4.31. The van der Waals surface area contributed by atoms with E-state index in [4.69, 9.17) is 4.74 Å². The fourth-order valence-corrected chi connectivity index (χ4v) is 4.31. The van der Waals surface area contributed by atoms with Crippen LogP contribution in [0, 0.1) is 12.3 Å². The first-order valence-electron chi connectivity index (χ1n) is 11.4. The molecule has 0 unspecified atom stereocenters. The Hall–Kier alpha value is -3.33. The van der Waals surface area contributed by atoms with Crippen LogP contribution < -0.4 is 15.6 Å². The van der Waals surface area contributed by atoms with Crippen molar-refractivity contribution in [1.29, 1.82) is 0 Å². The number of hydrogen-bond donors (Lipinski definition) is 2. The van der Waals surface area contributed by atoms with Gasteiger partial charge < -0.3 is 14.7 Å². The third kappa shape index (κ3) is 4.94. The third-order valence-corrected chi connectivity index (χ3v) is 6.23. The zero-order chi connectivity index (χ0) is 25.2. The van der Waals surface area contributed by atoms with Gasteiger partial charge in [-0.25, -0.2) is 5.01 Å². The first-order chi connectivity index (χ1) is 16.0. The third-order valence-electron chi connectivity index (χ3n) is 6.23. The molecule has 1 aliphatic heterocycles. The molecule has 0 bridgehead atoms. The van der Waals surface area contributed by atoms with Crippen molar-refractivity contribution in [2.75, 3.05) is 14.2 Å². The molecule has 2 aromatic carbocycles. The van der Waals surface area contributed by atoms with Crippen molar-refractivity contribution in [3.63, 3.8) is 0 Å². The molecule has 2 N–H and O–H groups in total. The average Bonchev–Trinajstić information content (AvgIpc) is 2.79. The predicted molar refractivity (Wildman–Crippen MR) is 134 cm³/mol. The largest absolute Gasteiger partial charge is 0.496 e. The molecule has 0 spiro atoms. The highest BCUT2D eigenvalue weighted by molar-refractivity contribution is 6.65. The number of ether oxygens (including phenoxy) is 1. The van der Waals surface area contributed by atoms with E-state index in [0.29, 0.717) is 34.3 Å². The van der Waals surface area contributed by atoms with Gasteiger partial charge in [0, 0.05) is 23.7 Å². The van der Waals surface area contributed by atoms with Crippen LogP contribution >= 0.6 is 0 Å². The molecule has 2 aromatic rings. The van der Waals surface area contributed by atoms with Gasteiger partial charge in [0.25, 0.3) is 11.8 Å². The number of hydrogen-bond acceptors (Lipinski definition) is 6. The van der Waals surface area contributed by atoms with Crippen molar-refractivity contribution in [3.05, 3.63) is 58.7 Å². The quantitative estimate of drug-likeness (QED) is 0.524. The Balaban J connectivity index is 2.01. The Morgan fingerprint density at radius 1 is 1.26 bits per heavy atom. The van der Waals surface area contributed by atoms with E-state index in [9.17, 15) is 14.6 Å². The van der Waals surface area contributed by atoms with Crippen LogP contribution in [-0.2, 0) is 0 Å². The summed E-state index contributed by atoms with van der Waals surface area (Å²) < 4.78 is 5.35. The standard InChI is InChI=1S/C25H33BN4O4/c1-8-22(25(3,4)5)30(28-23(31)19-10-9-11-21(34-7)16(19)2)24(32)17-12-13-18-15-27-29(6)26(33)20(18)14-17/h9-15,22,33H,8H2,1-7H3,(H,28,31)/t22-/m1/s1. The maximum Gasteiger partial charge on any atom is 0.466 e. The number of carbonyl (C=O) groups is 2. The summed E-state index contributed by atoms with van der Waals surface area (Å²) in [5.74, 6) is -0.143. The predicted octanol–water partition coefficient (Wildman–Crippen LogP) is 2.58. The lowest BCUT2D eigenvalue weighted by molar-refractivity contribution is 0.0284. The van der Waals surface area contributed by atoms with Crippen LogP contribution in [0.1, 0.15) is 66.0 Å². The van der Waals surface area contributed by atoms with E-state index in [1.807, 2.05) is 34.6 Å². The first-order valence-corrected chi connectivity index (χ1v) is 11.4. The highest BCUT2D eigenvalue weighted by atomic mass is 16.5. The summed E-state index contributed by atoms with van der Waals surface area (Å²) in [5.41, 5.74) is 5.39. The van der Waals surface area contributed by atoms with Gasteiger partial charge in [-0.2, -0.15) is 5.10 Å². The van der Waals surface area contributed by atoms with Gasteiger partial charge in [-0.05, 0) is 54.1 Å². The van der Waals surface area contributed by atoms with Gasteiger partial charge in [0.05, 0.1) is 19.4 Å². The van der Waals surface area contributed by atoms with Crippen LogP contribution in [0.2, 0.25) is 0 Å². The van der Waals surface area contributed by atoms with E-state index >= 15 is 0 Å². The fraction of sp³-hybridized carbons (Fsp3) is 0.400. The summed E-state index contributed by atoms with van der Waals surface area (Å²) in [7, 11) is 2.26. The van der Waals surface area contributed by atoms with Gasteiger partial charge in [-0.15, -0.1) is 0 Å². The highest BCUT2D eigenvalue weighted by Gasteiger charge is 2.35. The van der Waals surface area contributed by atoms with Crippen molar-refractivity contribution < 1.29 is 19.3 Å². The maximum absolute atomic E-state index is 13.8. The number of amides is 2. The minimum atomic E-state index is -0.959. The Kier molecular flexibility index (Phi) is 7.36. The zero-order valence-electron chi connectivity index (χ0n) is 20.9. The normalized spacial score (nSPS) is 13.9. The van der Waals surface area contributed by atoms with Crippen molar-refractivity contribution in [1.82, 2.24) is 15.4 Å². The van der Waals surface area contributed by atoms with Crippen molar-refractivity contribution >= 4 is 30.5 Å². The summed E-state index contributed by atoms with van der Waals surface area (Å²) in [4.78, 5) is 28.6. The van der Waals surface area contributed by atoms with Crippen LogP contribution in [0.3, 0.4) is 0 Å².